The molecule has 2 rings (SSSR count). The molecule has 2 fully saturated rings. The topological polar surface area (TPSA) is 58.6 Å². The third-order valence-electron chi connectivity index (χ3n) is 3.84. The Morgan fingerprint density at radius 1 is 1.56 bits per heavy atom. The molecular weight excluding hydrogens is 232 g/mol. The van der Waals surface area contributed by atoms with Crippen molar-refractivity contribution in [3.63, 3.8) is 0 Å². The summed E-state index contributed by atoms with van der Waals surface area (Å²) < 4.78 is 5.60. The van der Waals surface area contributed by atoms with E-state index in [0.29, 0.717) is 32.5 Å². The van der Waals surface area contributed by atoms with E-state index < -0.39 is 0 Å². The fraction of sp³-hybridized carbons (Fsp3) is 0.846. The van der Waals surface area contributed by atoms with Crippen LogP contribution in [-0.2, 0) is 14.3 Å². The first kappa shape index (κ1) is 13.3. The van der Waals surface area contributed by atoms with Gasteiger partial charge in [0, 0.05) is 19.5 Å². The summed E-state index contributed by atoms with van der Waals surface area (Å²) in [6, 6.07) is 0.186. The molecule has 0 radical (unpaired) electrons. The Bertz CT molecular complexity index is 322. The normalized spacial score (nSPS) is 33.1. The van der Waals surface area contributed by atoms with Crippen LogP contribution in [-0.4, -0.2) is 48.6 Å². The van der Waals surface area contributed by atoms with E-state index in [1.165, 1.54) is 0 Å². The Morgan fingerprint density at radius 2 is 2.33 bits per heavy atom. The number of piperidine rings is 1. The molecule has 0 aliphatic carbocycles. The van der Waals surface area contributed by atoms with Gasteiger partial charge in [-0.25, -0.2) is 0 Å². The molecule has 2 aliphatic rings. The van der Waals surface area contributed by atoms with Gasteiger partial charge in [-0.3, -0.25) is 9.59 Å². The standard InChI is InChI=1S/C13H22N2O3/c1-3-11-8-18-9(2)7-15(11)13(17)10-4-5-12(16)14-6-10/h9-11H,3-8H2,1-2H3,(H,14,16). The zero-order chi connectivity index (χ0) is 13.1. The number of hydrogen-bond acceptors (Lipinski definition) is 3. The molecule has 5 heteroatoms. The van der Waals surface area contributed by atoms with E-state index in [1.54, 1.807) is 0 Å². The Kier molecular flexibility index (Phi) is 4.22. The zero-order valence-corrected chi connectivity index (χ0v) is 11.1. The first-order valence-electron chi connectivity index (χ1n) is 6.80. The largest absolute Gasteiger partial charge is 0.375 e. The van der Waals surface area contributed by atoms with Crippen molar-refractivity contribution in [2.45, 2.75) is 45.3 Å². The van der Waals surface area contributed by atoms with Gasteiger partial charge < -0.3 is 15.0 Å². The van der Waals surface area contributed by atoms with Crippen LogP contribution in [0.25, 0.3) is 0 Å². The summed E-state index contributed by atoms with van der Waals surface area (Å²) in [4.78, 5) is 25.6. The SMILES string of the molecule is CCC1COC(C)CN1C(=O)C1CCC(=O)NC1. The van der Waals surface area contributed by atoms with Crippen LogP contribution < -0.4 is 5.32 Å². The summed E-state index contributed by atoms with van der Waals surface area (Å²) in [5.74, 6) is 0.181. The van der Waals surface area contributed by atoms with Crippen LogP contribution in [0.3, 0.4) is 0 Å². The van der Waals surface area contributed by atoms with Gasteiger partial charge in [-0.15, -0.1) is 0 Å². The Labute approximate surface area is 108 Å². The average molecular weight is 254 g/mol. The molecule has 0 saturated carbocycles. The van der Waals surface area contributed by atoms with Crippen LogP contribution in [0.2, 0.25) is 0 Å². The molecule has 18 heavy (non-hydrogen) atoms. The quantitative estimate of drug-likeness (QED) is 0.782. The highest BCUT2D eigenvalue weighted by Gasteiger charge is 2.34. The van der Waals surface area contributed by atoms with E-state index in [1.807, 2.05) is 11.8 Å². The number of nitrogens with one attached hydrogen (secondary N) is 1. The van der Waals surface area contributed by atoms with Crippen molar-refractivity contribution >= 4 is 11.8 Å². The van der Waals surface area contributed by atoms with Gasteiger partial charge in [0.2, 0.25) is 11.8 Å². The zero-order valence-electron chi connectivity index (χ0n) is 11.1. The highest BCUT2D eigenvalue weighted by molar-refractivity contribution is 5.84. The summed E-state index contributed by atoms with van der Waals surface area (Å²) in [7, 11) is 0. The van der Waals surface area contributed by atoms with Gasteiger partial charge in [0.15, 0.2) is 0 Å². The number of carbonyl (C=O) groups excluding carboxylic acids is 2. The average Bonchev–Trinajstić information content (AvgIpc) is 2.39. The summed E-state index contributed by atoms with van der Waals surface area (Å²) in [6.45, 7) is 5.85. The number of rotatable bonds is 2. The van der Waals surface area contributed by atoms with Crippen molar-refractivity contribution in [3.05, 3.63) is 0 Å². The van der Waals surface area contributed by atoms with Crippen molar-refractivity contribution < 1.29 is 14.3 Å². The second-order valence-corrected chi connectivity index (χ2v) is 5.24. The van der Waals surface area contributed by atoms with Crippen molar-refractivity contribution in [3.8, 4) is 0 Å². The molecule has 2 amide bonds. The van der Waals surface area contributed by atoms with Gasteiger partial charge in [0.05, 0.1) is 24.7 Å². The molecule has 102 valence electrons. The van der Waals surface area contributed by atoms with E-state index in [-0.39, 0.29) is 29.9 Å². The van der Waals surface area contributed by atoms with Crippen LogP contribution in [0, 0.1) is 5.92 Å². The van der Waals surface area contributed by atoms with Crippen LogP contribution in [0.15, 0.2) is 0 Å². The van der Waals surface area contributed by atoms with E-state index in [0.717, 1.165) is 6.42 Å². The van der Waals surface area contributed by atoms with E-state index in [9.17, 15) is 9.59 Å². The highest BCUT2D eigenvalue weighted by atomic mass is 16.5. The van der Waals surface area contributed by atoms with Crippen LogP contribution >= 0.6 is 0 Å². The molecule has 0 aromatic rings. The number of carbonyl (C=O) groups is 2. The molecule has 5 nitrogen and oxygen atoms in total. The minimum atomic E-state index is -0.0537. The van der Waals surface area contributed by atoms with Crippen LogP contribution in [0.1, 0.15) is 33.1 Å². The lowest BCUT2D eigenvalue weighted by Gasteiger charge is -2.40. The third-order valence-corrected chi connectivity index (χ3v) is 3.84. The van der Waals surface area contributed by atoms with Gasteiger partial charge in [0.1, 0.15) is 0 Å². The first-order chi connectivity index (χ1) is 8.61. The number of morpholine rings is 1. The lowest BCUT2D eigenvalue weighted by molar-refractivity contribution is -0.149. The summed E-state index contributed by atoms with van der Waals surface area (Å²) in [5, 5.41) is 2.78. The molecule has 1 N–H and O–H groups in total. The van der Waals surface area contributed by atoms with Crippen molar-refractivity contribution in [1.29, 1.82) is 0 Å². The van der Waals surface area contributed by atoms with Gasteiger partial charge in [-0.05, 0) is 19.8 Å². The van der Waals surface area contributed by atoms with Gasteiger partial charge >= 0.3 is 0 Å². The van der Waals surface area contributed by atoms with Crippen molar-refractivity contribution in [2.24, 2.45) is 5.92 Å². The Balaban J connectivity index is 1.99. The van der Waals surface area contributed by atoms with Gasteiger partial charge in [-0.1, -0.05) is 6.92 Å². The molecule has 3 unspecified atom stereocenters. The molecular formula is C13H22N2O3. The molecule has 3 atom stereocenters. The summed E-state index contributed by atoms with van der Waals surface area (Å²) >= 11 is 0. The first-order valence-corrected chi connectivity index (χ1v) is 6.80. The van der Waals surface area contributed by atoms with Gasteiger partial charge in [-0.2, -0.15) is 0 Å². The predicted molar refractivity (Wildman–Crippen MR) is 66.9 cm³/mol. The summed E-state index contributed by atoms with van der Waals surface area (Å²) in [6.07, 6.45) is 2.16. The maximum absolute atomic E-state index is 12.5. The number of ether oxygens (including phenoxy) is 1. The van der Waals surface area contributed by atoms with E-state index in [4.69, 9.17) is 4.74 Å². The molecule has 0 aromatic carbocycles. The lowest BCUT2D eigenvalue weighted by Crippen LogP contribution is -2.55. The predicted octanol–water partition coefficient (Wildman–Crippen LogP) is 0.539. The number of hydrogen-bond donors (Lipinski definition) is 1. The molecule has 0 bridgehead atoms. The second kappa shape index (κ2) is 5.69. The fourth-order valence-corrected chi connectivity index (χ4v) is 2.63. The molecule has 2 aliphatic heterocycles. The van der Waals surface area contributed by atoms with E-state index >= 15 is 0 Å². The lowest BCUT2D eigenvalue weighted by atomic mass is 9.96. The van der Waals surface area contributed by atoms with Gasteiger partial charge in [0.25, 0.3) is 0 Å². The van der Waals surface area contributed by atoms with E-state index in [2.05, 4.69) is 12.2 Å². The maximum Gasteiger partial charge on any atom is 0.227 e. The molecule has 2 heterocycles. The maximum atomic E-state index is 12.5. The molecule has 2 saturated heterocycles. The summed E-state index contributed by atoms with van der Waals surface area (Å²) in [5.41, 5.74) is 0. The van der Waals surface area contributed by atoms with Crippen LogP contribution in [0.4, 0.5) is 0 Å². The van der Waals surface area contributed by atoms with Crippen molar-refractivity contribution in [2.75, 3.05) is 19.7 Å². The molecule has 0 spiro atoms. The smallest absolute Gasteiger partial charge is 0.227 e. The third kappa shape index (κ3) is 2.83. The second-order valence-electron chi connectivity index (χ2n) is 5.24. The van der Waals surface area contributed by atoms with Crippen molar-refractivity contribution in [1.82, 2.24) is 10.2 Å². The monoisotopic (exact) mass is 254 g/mol. The molecule has 0 aromatic heterocycles. The van der Waals surface area contributed by atoms with Crippen LogP contribution in [0.5, 0.6) is 0 Å². The Hall–Kier alpha value is -1.10. The fourth-order valence-electron chi connectivity index (χ4n) is 2.63. The minimum Gasteiger partial charge on any atom is -0.375 e. The number of amides is 2. The Morgan fingerprint density at radius 3 is 2.94 bits per heavy atom. The minimum absolute atomic E-state index is 0.0537. The number of nitrogens with zero attached hydrogens (tertiary/aromatic N) is 1. The highest BCUT2D eigenvalue weighted by Crippen LogP contribution is 2.20.